The molecule has 0 atom stereocenters. The molecule has 0 radical (unpaired) electrons. The normalized spacial score (nSPS) is 11.1. The van der Waals surface area contributed by atoms with Gasteiger partial charge in [-0.1, -0.05) is 6.07 Å². The second-order valence-corrected chi connectivity index (χ2v) is 7.11. The van der Waals surface area contributed by atoms with Crippen molar-refractivity contribution in [2.24, 2.45) is 0 Å². The van der Waals surface area contributed by atoms with Crippen LogP contribution in [0.15, 0.2) is 47.6 Å². The van der Waals surface area contributed by atoms with Crippen molar-refractivity contribution in [1.82, 2.24) is 9.29 Å². The van der Waals surface area contributed by atoms with Gasteiger partial charge in [-0.15, -0.1) is 0 Å². The number of rotatable bonds is 8. The van der Waals surface area contributed by atoms with Crippen LogP contribution in [0, 0.1) is 21.4 Å². The molecule has 10 heteroatoms. The summed E-state index contributed by atoms with van der Waals surface area (Å²) in [7, 11) is -2.89. The Kier molecular flexibility index (Phi) is 6.21. The molecular formula is C16H16N4O5S. The van der Waals surface area contributed by atoms with E-state index in [2.05, 4.69) is 4.98 Å². The maximum Gasteiger partial charge on any atom is 0.293 e. The van der Waals surface area contributed by atoms with Gasteiger partial charge in [-0.05, 0) is 23.8 Å². The van der Waals surface area contributed by atoms with Crippen molar-refractivity contribution in [2.75, 3.05) is 13.7 Å². The molecule has 0 aliphatic carbocycles. The highest BCUT2D eigenvalue weighted by Gasteiger charge is 2.32. The van der Waals surface area contributed by atoms with Crippen molar-refractivity contribution < 1.29 is 18.1 Å². The Bertz CT molecular complexity index is 925. The number of sulfonamides is 1. The van der Waals surface area contributed by atoms with Crippen LogP contribution >= 0.6 is 0 Å². The van der Waals surface area contributed by atoms with E-state index in [1.807, 2.05) is 6.07 Å². The molecule has 2 aromatic rings. The van der Waals surface area contributed by atoms with Gasteiger partial charge in [0.15, 0.2) is 4.90 Å². The molecular weight excluding hydrogens is 360 g/mol. The Morgan fingerprint density at radius 1 is 1.38 bits per heavy atom. The zero-order chi connectivity index (χ0) is 19.2. The van der Waals surface area contributed by atoms with Crippen molar-refractivity contribution in [3.05, 3.63) is 58.4 Å². The third kappa shape index (κ3) is 4.33. The van der Waals surface area contributed by atoms with Crippen LogP contribution < -0.4 is 4.74 Å². The van der Waals surface area contributed by atoms with Crippen LogP contribution in [-0.4, -0.2) is 36.3 Å². The van der Waals surface area contributed by atoms with Crippen LogP contribution in [0.4, 0.5) is 5.69 Å². The summed E-state index contributed by atoms with van der Waals surface area (Å²) in [4.78, 5) is 14.0. The monoisotopic (exact) mass is 376 g/mol. The molecule has 0 N–H and O–H groups in total. The standard InChI is InChI=1S/C16H16N4O5S/c1-25-14-5-6-16(15(10-14)20(21)22)26(23,24)19(9-3-7-17)12-13-4-2-8-18-11-13/h2,4-6,8,10-11H,3,9,12H2,1H3. The number of pyridine rings is 1. The average molecular weight is 376 g/mol. The number of nitrogens with zero attached hydrogens (tertiary/aromatic N) is 4. The van der Waals surface area contributed by atoms with Gasteiger partial charge in [0.25, 0.3) is 5.69 Å². The van der Waals surface area contributed by atoms with Crippen LogP contribution in [0.3, 0.4) is 0 Å². The number of nitro benzene ring substituents is 1. The largest absolute Gasteiger partial charge is 0.497 e. The van der Waals surface area contributed by atoms with Crippen LogP contribution in [0.2, 0.25) is 0 Å². The van der Waals surface area contributed by atoms with Crippen molar-refractivity contribution >= 4 is 15.7 Å². The first-order valence-corrected chi connectivity index (χ1v) is 8.92. The fourth-order valence-corrected chi connectivity index (χ4v) is 3.84. The lowest BCUT2D eigenvalue weighted by atomic mass is 10.3. The van der Waals surface area contributed by atoms with E-state index in [0.717, 1.165) is 16.4 Å². The van der Waals surface area contributed by atoms with E-state index in [0.29, 0.717) is 5.56 Å². The highest BCUT2D eigenvalue weighted by molar-refractivity contribution is 7.89. The minimum Gasteiger partial charge on any atom is -0.497 e. The summed E-state index contributed by atoms with van der Waals surface area (Å²) in [6, 6.07) is 8.75. The molecule has 0 bridgehead atoms. The number of benzene rings is 1. The summed E-state index contributed by atoms with van der Waals surface area (Å²) in [6.45, 7) is -0.155. The van der Waals surface area contributed by atoms with Gasteiger partial charge >= 0.3 is 0 Å². The number of ether oxygens (including phenoxy) is 1. The summed E-state index contributed by atoms with van der Waals surface area (Å²) in [5.74, 6) is 0.173. The van der Waals surface area contributed by atoms with Gasteiger partial charge in [0, 0.05) is 31.9 Å². The minimum absolute atomic E-state index is 0.0521. The molecule has 0 fully saturated rings. The first-order valence-electron chi connectivity index (χ1n) is 7.48. The Balaban J connectivity index is 2.49. The van der Waals surface area contributed by atoms with Crippen molar-refractivity contribution in [2.45, 2.75) is 17.9 Å². The molecule has 1 aromatic heterocycles. The van der Waals surface area contributed by atoms with E-state index in [9.17, 15) is 18.5 Å². The smallest absolute Gasteiger partial charge is 0.293 e. The predicted octanol–water partition coefficient (Wildman–Crippen LogP) is 2.10. The van der Waals surface area contributed by atoms with Crippen molar-refractivity contribution in [3.8, 4) is 11.8 Å². The van der Waals surface area contributed by atoms with Gasteiger partial charge in [-0.25, -0.2) is 8.42 Å². The summed E-state index contributed by atoms with van der Waals surface area (Å²) < 4.78 is 32.0. The lowest BCUT2D eigenvalue weighted by molar-refractivity contribution is -0.387. The zero-order valence-corrected chi connectivity index (χ0v) is 14.7. The molecule has 0 saturated carbocycles. The summed E-state index contributed by atoms with van der Waals surface area (Å²) in [5.41, 5.74) is 0.0164. The molecule has 136 valence electrons. The van der Waals surface area contributed by atoms with E-state index >= 15 is 0 Å². The Labute approximate surface area is 150 Å². The highest BCUT2D eigenvalue weighted by atomic mass is 32.2. The molecule has 0 saturated heterocycles. The fourth-order valence-electron chi connectivity index (χ4n) is 2.28. The predicted molar refractivity (Wildman–Crippen MR) is 91.7 cm³/mol. The summed E-state index contributed by atoms with van der Waals surface area (Å²) in [6.07, 6.45) is 2.99. The van der Waals surface area contributed by atoms with Gasteiger partial charge in [-0.3, -0.25) is 15.1 Å². The first-order chi connectivity index (χ1) is 12.4. The number of nitriles is 1. The third-order valence-electron chi connectivity index (χ3n) is 3.54. The van der Waals surface area contributed by atoms with E-state index in [1.165, 1.54) is 19.4 Å². The number of methoxy groups -OCH3 is 1. The topological polar surface area (TPSA) is 126 Å². The van der Waals surface area contributed by atoms with Crippen LogP contribution in [0.25, 0.3) is 0 Å². The van der Waals surface area contributed by atoms with Crippen molar-refractivity contribution in [3.63, 3.8) is 0 Å². The van der Waals surface area contributed by atoms with Gasteiger partial charge in [-0.2, -0.15) is 9.57 Å². The molecule has 0 amide bonds. The van der Waals surface area contributed by atoms with E-state index in [1.54, 1.807) is 18.3 Å². The van der Waals surface area contributed by atoms with Crippen LogP contribution in [0.1, 0.15) is 12.0 Å². The van der Waals surface area contributed by atoms with E-state index in [4.69, 9.17) is 10.00 Å². The van der Waals surface area contributed by atoms with Crippen molar-refractivity contribution in [1.29, 1.82) is 5.26 Å². The zero-order valence-electron chi connectivity index (χ0n) is 13.9. The second-order valence-electron chi connectivity index (χ2n) is 5.20. The molecule has 1 aromatic carbocycles. The summed E-state index contributed by atoms with van der Waals surface area (Å²) >= 11 is 0. The van der Waals surface area contributed by atoms with Crippen LogP contribution in [0.5, 0.6) is 5.75 Å². The van der Waals surface area contributed by atoms with Gasteiger partial charge < -0.3 is 4.74 Å². The lowest BCUT2D eigenvalue weighted by Crippen LogP contribution is -2.32. The molecule has 9 nitrogen and oxygen atoms in total. The summed E-state index contributed by atoms with van der Waals surface area (Å²) in [5, 5.41) is 20.2. The average Bonchev–Trinajstić information content (AvgIpc) is 2.65. The van der Waals surface area contributed by atoms with Gasteiger partial charge in [0.05, 0.1) is 24.2 Å². The number of hydrogen-bond donors (Lipinski definition) is 0. The Hall–Kier alpha value is -3.03. The van der Waals surface area contributed by atoms with Crippen LogP contribution in [-0.2, 0) is 16.6 Å². The third-order valence-corrected chi connectivity index (χ3v) is 5.43. The Morgan fingerprint density at radius 3 is 2.73 bits per heavy atom. The number of aromatic nitrogens is 1. The second kappa shape index (κ2) is 8.37. The molecule has 2 rings (SSSR count). The van der Waals surface area contributed by atoms with E-state index < -0.39 is 25.5 Å². The highest BCUT2D eigenvalue weighted by Crippen LogP contribution is 2.31. The lowest BCUT2D eigenvalue weighted by Gasteiger charge is -2.21. The maximum absolute atomic E-state index is 13.0. The first kappa shape index (κ1) is 19.3. The molecule has 26 heavy (non-hydrogen) atoms. The SMILES string of the molecule is COc1ccc(S(=O)(=O)N(CCC#N)Cc2cccnc2)c([N+](=O)[O-])c1. The molecule has 0 aliphatic heterocycles. The molecule has 0 aliphatic rings. The molecule has 0 unspecified atom stereocenters. The van der Waals surface area contributed by atoms with Gasteiger partial charge in [0.1, 0.15) is 5.75 Å². The minimum atomic E-state index is -4.21. The number of nitro groups is 1. The number of hydrogen-bond acceptors (Lipinski definition) is 7. The fraction of sp³-hybridized carbons (Fsp3) is 0.250. The Morgan fingerprint density at radius 2 is 2.15 bits per heavy atom. The molecule has 0 spiro atoms. The molecule has 1 heterocycles. The quantitative estimate of drug-likeness (QED) is 0.510. The van der Waals surface area contributed by atoms with E-state index in [-0.39, 0.29) is 25.3 Å². The maximum atomic E-state index is 13.0. The van der Waals surface area contributed by atoms with Gasteiger partial charge in [0.2, 0.25) is 10.0 Å².